The topological polar surface area (TPSA) is 98.1 Å². The van der Waals surface area contributed by atoms with Gasteiger partial charge in [0.05, 0.1) is 20.4 Å². The van der Waals surface area contributed by atoms with E-state index in [1.807, 2.05) is 0 Å². The average Bonchev–Trinajstić information content (AvgIpc) is 2.55. The summed E-state index contributed by atoms with van der Waals surface area (Å²) in [5, 5.41) is 9.96. The van der Waals surface area contributed by atoms with Gasteiger partial charge in [0.25, 0.3) is 0 Å². The van der Waals surface area contributed by atoms with Gasteiger partial charge in [0.2, 0.25) is 5.75 Å². The molecular weight excluding hydrogens is 321 g/mol. The van der Waals surface area contributed by atoms with E-state index in [9.17, 15) is 14.6 Å². The SMILES string of the molecule is C=CP(=O)(O)Oc1cnccc1-c1cc(OC)c(O)c(OC)c1. The maximum Gasteiger partial charge on any atom is 0.400 e. The van der Waals surface area contributed by atoms with Gasteiger partial charge in [-0.25, -0.2) is 4.57 Å². The monoisotopic (exact) mass is 337 g/mol. The fraction of sp³-hybridized carbons (Fsp3) is 0.133. The molecule has 0 fully saturated rings. The largest absolute Gasteiger partial charge is 0.502 e. The van der Waals surface area contributed by atoms with E-state index < -0.39 is 7.60 Å². The number of aromatic nitrogens is 1. The first-order valence-electron chi connectivity index (χ1n) is 6.47. The number of hydrogen-bond acceptors (Lipinski definition) is 6. The van der Waals surface area contributed by atoms with E-state index in [-0.39, 0.29) is 23.0 Å². The molecule has 0 spiro atoms. The number of aromatic hydroxyl groups is 1. The molecule has 0 amide bonds. The van der Waals surface area contributed by atoms with Crippen LogP contribution in [0.1, 0.15) is 0 Å². The van der Waals surface area contributed by atoms with E-state index in [2.05, 4.69) is 11.6 Å². The van der Waals surface area contributed by atoms with Gasteiger partial charge in [-0.2, -0.15) is 0 Å². The Labute approximate surface area is 133 Å². The molecule has 0 bridgehead atoms. The molecule has 122 valence electrons. The van der Waals surface area contributed by atoms with Crippen LogP contribution in [0.5, 0.6) is 23.0 Å². The fourth-order valence-electron chi connectivity index (χ4n) is 1.92. The third-order valence-electron chi connectivity index (χ3n) is 3.04. The maximum absolute atomic E-state index is 11.7. The Bertz CT molecular complexity index is 751. The van der Waals surface area contributed by atoms with Crippen LogP contribution in [0.3, 0.4) is 0 Å². The van der Waals surface area contributed by atoms with Crippen molar-refractivity contribution in [3.8, 4) is 34.1 Å². The molecular formula is C15H16NO6P. The molecule has 8 heteroatoms. The van der Waals surface area contributed by atoms with E-state index >= 15 is 0 Å². The van der Waals surface area contributed by atoms with Crippen LogP contribution in [0.15, 0.2) is 43.0 Å². The van der Waals surface area contributed by atoms with Gasteiger partial charge in [0, 0.05) is 17.6 Å². The zero-order chi connectivity index (χ0) is 17.0. The fourth-order valence-corrected chi connectivity index (χ4v) is 2.42. The Hall–Kier alpha value is -2.50. The summed E-state index contributed by atoms with van der Waals surface area (Å²) >= 11 is 0. The van der Waals surface area contributed by atoms with E-state index in [4.69, 9.17) is 14.0 Å². The number of benzene rings is 1. The molecule has 1 atom stereocenters. The van der Waals surface area contributed by atoms with Crippen LogP contribution < -0.4 is 14.0 Å². The number of nitrogens with zero attached hydrogens (tertiary/aromatic N) is 1. The number of methoxy groups -OCH3 is 2. The van der Waals surface area contributed by atoms with Gasteiger partial charge in [0.1, 0.15) is 0 Å². The van der Waals surface area contributed by atoms with E-state index in [1.54, 1.807) is 18.2 Å². The number of phenols is 1. The number of pyridine rings is 1. The molecule has 2 rings (SSSR count). The second kappa shape index (κ2) is 6.73. The minimum atomic E-state index is -3.98. The number of rotatable bonds is 6. The molecule has 0 aliphatic carbocycles. The lowest BCUT2D eigenvalue weighted by Crippen LogP contribution is -1.94. The molecule has 1 heterocycles. The normalized spacial score (nSPS) is 13.0. The smallest absolute Gasteiger partial charge is 0.400 e. The lowest BCUT2D eigenvalue weighted by Gasteiger charge is -2.15. The average molecular weight is 337 g/mol. The standard InChI is InChI=1S/C15H16NO6P/c1-4-23(18,19)22-14-9-16-6-5-11(14)10-7-12(20-2)15(17)13(8-10)21-3/h4-9,17H,1H2,2-3H3,(H,18,19). The second-order valence-electron chi connectivity index (χ2n) is 4.44. The maximum atomic E-state index is 11.7. The van der Waals surface area contributed by atoms with Crippen molar-refractivity contribution in [1.29, 1.82) is 0 Å². The summed E-state index contributed by atoms with van der Waals surface area (Å²) in [6, 6.07) is 4.70. The number of phenolic OH excluding ortho intramolecular Hbond substituents is 1. The Morgan fingerprint density at radius 3 is 2.35 bits per heavy atom. The molecule has 0 aliphatic rings. The highest BCUT2D eigenvalue weighted by molar-refractivity contribution is 7.56. The van der Waals surface area contributed by atoms with Crippen molar-refractivity contribution in [2.45, 2.75) is 0 Å². The summed E-state index contributed by atoms with van der Waals surface area (Å²) in [4.78, 5) is 13.5. The second-order valence-corrected chi connectivity index (χ2v) is 6.12. The summed E-state index contributed by atoms with van der Waals surface area (Å²) < 4.78 is 27.0. The summed E-state index contributed by atoms with van der Waals surface area (Å²) in [6.07, 6.45) is 2.82. The number of ether oxygens (including phenoxy) is 2. The molecule has 2 N–H and O–H groups in total. The summed E-state index contributed by atoms with van der Waals surface area (Å²) in [5.41, 5.74) is 1.03. The summed E-state index contributed by atoms with van der Waals surface area (Å²) in [6.45, 7) is 3.27. The van der Waals surface area contributed by atoms with Crippen molar-refractivity contribution < 1.29 is 28.6 Å². The van der Waals surface area contributed by atoms with Gasteiger partial charge < -0.3 is 24.0 Å². The van der Waals surface area contributed by atoms with Crippen LogP contribution >= 0.6 is 7.60 Å². The molecule has 0 saturated carbocycles. The van der Waals surface area contributed by atoms with Gasteiger partial charge in [-0.1, -0.05) is 6.58 Å². The summed E-state index contributed by atoms with van der Waals surface area (Å²) in [7, 11) is -1.17. The minimum absolute atomic E-state index is 0.0908. The van der Waals surface area contributed by atoms with Crippen molar-refractivity contribution in [2.24, 2.45) is 0 Å². The molecule has 23 heavy (non-hydrogen) atoms. The van der Waals surface area contributed by atoms with Crippen molar-refractivity contribution in [3.63, 3.8) is 0 Å². The van der Waals surface area contributed by atoms with Crippen LogP contribution in [-0.2, 0) is 4.57 Å². The molecule has 0 aliphatic heterocycles. The predicted molar refractivity (Wildman–Crippen MR) is 85.1 cm³/mol. The lowest BCUT2D eigenvalue weighted by atomic mass is 10.0. The van der Waals surface area contributed by atoms with Gasteiger partial charge in [-0.15, -0.1) is 0 Å². The first-order valence-corrected chi connectivity index (χ1v) is 8.11. The van der Waals surface area contributed by atoms with Gasteiger partial charge in [-0.3, -0.25) is 4.98 Å². The molecule has 1 unspecified atom stereocenters. The molecule has 0 radical (unpaired) electrons. The quantitative estimate of drug-likeness (QED) is 0.781. The minimum Gasteiger partial charge on any atom is -0.502 e. The Kier molecular flexibility index (Phi) is 4.93. The first-order chi connectivity index (χ1) is 10.9. The first kappa shape index (κ1) is 16.9. The molecule has 2 aromatic rings. The summed E-state index contributed by atoms with van der Waals surface area (Å²) in [5.74, 6) is 1.17. The van der Waals surface area contributed by atoms with Gasteiger partial charge in [0.15, 0.2) is 17.2 Å². The molecule has 0 saturated heterocycles. The molecule has 1 aromatic carbocycles. The Morgan fingerprint density at radius 2 is 1.83 bits per heavy atom. The van der Waals surface area contributed by atoms with Crippen molar-refractivity contribution >= 4 is 7.60 Å². The van der Waals surface area contributed by atoms with Gasteiger partial charge in [-0.05, 0) is 23.8 Å². The zero-order valence-corrected chi connectivity index (χ0v) is 13.5. The third kappa shape index (κ3) is 3.64. The lowest BCUT2D eigenvalue weighted by molar-refractivity contribution is 0.340. The predicted octanol–water partition coefficient (Wildman–Crippen LogP) is 3.18. The molecule has 7 nitrogen and oxygen atoms in total. The van der Waals surface area contributed by atoms with Crippen molar-refractivity contribution in [3.05, 3.63) is 43.0 Å². The molecule has 1 aromatic heterocycles. The number of hydrogen-bond donors (Lipinski definition) is 2. The highest BCUT2D eigenvalue weighted by atomic mass is 31.2. The van der Waals surface area contributed by atoms with Crippen LogP contribution in [0.4, 0.5) is 0 Å². The Balaban J connectivity index is 2.59. The van der Waals surface area contributed by atoms with Gasteiger partial charge >= 0.3 is 7.60 Å². The van der Waals surface area contributed by atoms with Crippen LogP contribution in [0.25, 0.3) is 11.1 Å². The van der Waals surface area contributed by atoms with Crippen LogP contribution in [-0.4, -0.2) is 29.2 Å². The van der Waals surface area contributed by atoms with Crippen molar-refractivity contribution in [1.82, 2.24) is 4.98 Å². The van der Waals surface area contributed by atoms with E-state index in [0.717, 1.165) is 5.82 Å². The van der Waals surface area contributed by atoms with Crippen molar-refractivity contribution in [2.75, 3.05) is 14.2 Å². The zero-order valence-electron chi connectivity index (χ0n) is 12.6. The van der Waals surface area contributed by atoms with Crippen LogP contribution in [0.2, 0.25) is 0 Å². The highest BCUT2D eigenvalue weighted by Gasteiger charge is 2.20. The third-order valence-corrected chi connectivity index (χ3v) is 3.95. The van der Waals surface area contributed by atoms with E-state index in [0.29, 0.717) is 11.1 Å². The highest BCUT2D eigenvalue weighted by Crippen LogP contribution is 2.48. The van der Waals surface area contributed by atoms with Crippen LogP contribution in [0, 0.1) is 0 Å². The van der Waals surface area contributed by atoms with E-state index in [1.165, 1.54) is 26.6 Å². The Morgan fingerprint density at radius 1 is 1.22 bits per heavy atom.